The summed E-state index contributed by atoms with van der Waals surface area (Å²) in [4.78, 5) is 16.2. The zero-order valence-corrected chi connectivity index (χ0v) is 11.0. The lowest BCUT2D eigenvalue weighted by atomic mass is 10.1. The van der Waals surface area contributed by atoms with E-state index in [1.165, 1.54) is 0 Å². The highest BCUT2D eigenvalue weighted by Gasteiger charge is 2.39. The summed E-state index contributed by atoms with van der Waals surface area (Å²) >= 11 is 0. The predicted octanol–water partition coefficient (Wildman–Crippen LogP) is 3.02. The number of aromatic nitrogens is 2. The van der Waals surface area contributed by atoms with Crippen LogP contribution in [0.25, 0.3) is 11.0 Å². The van der Waals surface area contributed by atoms with Crippen molar-refractivity contribution in [2.75, 3.05) is 0 Å². The Morgan fingerprint density at radius 1 is 1.47 bits per heavy atom. The maximum Gasteiger partial charge on any atom is 0.327 e. The Kier molecular flexibility index (Phi) is 3.01. The molecule has 2 aromatic rings. The minimum absolute atomic E-state index is 0.269. The van der Waals surface area contributed by atoms with E-state index >= 15 is 0 Å². The molecule has 0 amide bonds. The van der Waals surface area contributed by atoms with Gasteiger partial charge in [-0.05, 0) is 37.3 Å². The van der Waals surface area contributed by atoms with Gasteiger partial charge in [0.1, 0.15) is 11.9 Å². The number of rotatable bonds is 5. The van der Waals surface area contributed by atoms with Gasteiger partial charge >= 0.3 is 5.97 Å². The predicted molar refractivity (Wildman–Crippen MR) is 73.1 cm³/mol. The van der Waals surface area contributed by atoms with Gasteiger partial charge in [-0.2, -0.15) is 0 Å². The molecule has 0 saturated heterocycles. The molecule has 0 radical (unpaired) electrons. The fourth-order valence-electron chi connectivity index (χ4n) is 2.74. The maximum atomic E-state index is 11.6. The molecule has 4 heteroatoms. The Labute approximate surface area is 112 Å². The summed E-state index contributed by atoms with van der Waals surface area (Å²) in [6.45, 7) is 2.09. The first-order valence-electron chi connectivity index (χ1n) is 6.91. The molecular formula is C15H18N2O2. The maximum absolute atomic E-state index is 11.6. The summed E-state index contributed by atoms with van der Waals surface area (Å²) in [7, 11) is 0. The molecule has 100 valence electrons. The Bertz CT molecular complexity index is 614. The third kappa shape index (κ3) is 2.11. The summed E-state index contributed by atoms with van der Waals surface area (Å²) < 4.78 is 1.96. The summed E-state index contributed by atoms with van der Waals surface area (Å²) in [5.41, 5.74) is 1.85. The second-order valence-corrected chi connectivity index (χ2v) is 5.26. The van der Waals surface area contributed by atoms with Crippen molar-refractivity contribution in [1.29, 1.82) is 0 Å². The number of benzene rings is 1. The highest BCUT2D eigenvalue weighted by molar-refractivity contribution is 5.80. The molecule has 1 aliphatic rings. The topological polar surface area (TPSA) is 55.1 Å². The molecule has 4 nitrogen and oxygen atoms in total. The van der Waals surface area contributed by atoms with E-state index in [9.17, 15) is 9.90 Å². The van der Waals surface area contributed by atoms with Crippen molar-refractivity contribution in [2.45, 2.75) is 38.6 Å². The number of aryl methyl sites for hydroxylation is 1. The van der Waals surface area contributed by atoms with Crippen molar-refractivity contribution in [1.82, 2.24) is 9.55 Å². The number of imidazole rings is 1. The molecule has 1 N–H and O–H groups in total. The zero-order chi connectivity index (χ0) is 13.4. The van der Waals surface area contributed by atoms with Crippen molar-refractivity contribution >= 4 is 17.0 Å². The number of para-hydroxylation sites is 2. The average Bonchev–Trinajstić information content (AvgIpc) is 3.14. The monoisotopic (exact) mass is 258 g/mol. The van der Waals surface area contributed by atoms with Gasteiger partial charge in [-0.3, -0.25) is 0 Å². The smallest absolute Gasteiger partial charge is 0.327 e. The molecule has 1 saturated carbocycles. The highest BCUT2D eigenvalue weighted by Crippen LogP contribution is 2.41. The van der Waals surface area contributed by atoms with Crippen LogP contribution in [0.1, 0.15) is 38.1 Å². The lowest BCUT2D eigenvalue weighted by Gasteiger charge is -2.17. The molecule has 1 heterocycles. The average molecular weight is 258 g/mol. The summed E-state index contributed by atoms with van der Waals surface area (Å²) in [5, 5.41) is 9.56. The molecule has 0 aliphatic heterocycles. The van der Waals surface area contributed by atoms with Crippen LogP contribution in [0.15, 0.2) is 24.3 Å². The third-order valence-corrected chi connectivity index (χ3v) is 3.74. The fourth-order valence-corrected chi connectivity index (χ4v) is 2.74. The van der Waals surface area contributed by atoms with Gasteiger partial charge in [0.25, 0.3) is 0 Å². The van der Waals surface area contributed by atoms with E-state index < -0.39 is 12.0 Å². The summed E-state index contributed by atoms with van der Waals surface area (Å²) in [6, 6.07) is 7.37. The van der Waals surface area contributed by atoms with Gasteiger partial charge in [-0.1, -0.05) is 19.1 Å². The SMILES string of the molecule is CCCc1nc2ccccc2n1C(C(=O)O)C1CC1. The number of carbonyl (C=O) groups is 1. The van der Waals surface area contributed by atoms with Gasteiger partial charge in [0, 0.05) is 6.42 Å². The van der Waals surface area contributed by atoms with Crippen LogP contribution in [0.4, 0.5) is 0 Å². The van der Waals surface area contributed by atoms with E-state index in [2.05, 4.69) is 11.9 Å². The molecule has 1 aromatic carbocycles. The Morgan fingerprint density at radius 2 is 2.21 bits per heavy atom. The Hall–Kier alpha value is -1.84. The molecule has 3 rings (SSSR count). The van der Waals surface area contributed by atoms with Gasteiger partial charge in [0.15, 0.2) is 0 Å². The third-order valence-electron chi connectivity index (χ3n) is 3.74. The fraction of sp³-hybridized carbons (Fsp3) is 0.467. The van der Waals surface area contributed by atoms with Crippen LogP contribution in [-0.4, -0.2) is 20.6 Å². The quantitative estimate of drug-likeness (QED) is 0.896. The molecule has 0 spiro atoms. The zero-order valence-electron chi connectivity index (χ0n) is 11.0. The van der Waals surface area contributed by atoms with E-state index in [4.69, 9.17) is 0 Å². The van der Waals surface area contributed by atoms with Crippen LogP contribution >= 0.6 is 0 Å². The molecule has 1 fully saturated rings. The molecule has 1 aliphatic carbocycles. The van der Waals surface area contributed by atoms with E-state index in [0.717, 1.165) is 42.5 Å². The van der Waals surface area contributed by atoms with Crippen LogP contribution in [0.3, 0.4) is 0 Å². The van der Waals surface area contributed by atoms with Gasteiger partial charge < -0.3 is 9.67 Å². The van der Waals surface area contributed by atoms with Crippen molar-refractivity contribution in [3.05, 3.63) is 30.1 Å². The minimum Gasteiger partial charge on any atom is -0.480 e. The highest BCUT2D eigenvalue weighted by atomic mass is 16.4. The molecule has 1 atom stereocenters. The second-order valence-electron chi connectivity index (χ2n) is 5.26. The molecule has 1 unspecified atom stereocenters. The van der Waals surface area contributed by atoms with E-state index in [-0.39, 0.29) is 5.92 Å². The lowest BCUT2D eigenvalue weighted by Crippen LogP contribution is -2.23. The van der Waals surface area contributed by atoms with Gasteiger partial charge in [-0.15, -0.1) is 0 Å². The van der Waals surface area contributed by atoms with Crippen LogP contribution in [0, 0.1) is 5.92 Å². The van der Waals surface area contributed by atoms with E-state index in [1.54, 1.807) is 0 Å². The van der Waals surface area contributed by atoms with Gasteiger partial charge in [-0.25, -0.2) is 9.78 Å². The summed E-state index contributed by atoms with van der Waals surface area (Å²) in [5.74, 6) is 0.441. The Morgan fingerprint density at radius 3 is 2.84 bits per heavy atom. The van der Waals surface area contributed by atoms with Gasteiger partial charge in [0.05, 0.1) is 11.0 Å². The largest absolute Gasteiger partial charge is 0.480 e. The Balaban J connectivity index is 2.17. The first kappa shape index (κ1) is 12.2. The molecule has 1 aromatic heterocycles. The second kappa shape index (κ2) is 4.68. The first-order chi connectivity index (χ1) is 9.22. The van der Waals surface area contributed by atoms with E-state index in [0.29, 0.717) is 0 Å². The normalized spacial score (nSPS) is 16.7. The number of nitrogens with zero attached hydrogens (tertiary/aromatic N) is 2. The number of aliphatic carboxylic acids is 1. The lowest BCUT2D eigenvalue weighted by molar-refractivity contribution is -0.141. The molecular weight excluding hydrogens is 240 g/mol. The van der Waals surface area contributed by atoms with Crippen molar-refractivity contribution in [2.24, 2.45) is 5.92 Å². The molecule has 0 bridgehead atoms. The van der Waals surface area contributed by atoms with E-state index in [1.807, 2.05) is 28.8 Å². The minimum atomic E-state index is -0.733. The van der Waals surface area contributed by atoms with Crippen molar-refractivity contribution < 1.29 is 9.90 Å². The van der Waals surface area contributed by atoms with Crippen LogP contribution in [0.5, 0.6) is 0 Å². The van der Waals surface area contributed by atoms with Gasteiger partial charge in [0.2, 0.25) is 0 Å². The first-order valence-corrected chi connectivity index (χ1v) is 6.91. The standard InChI is InChI=1S/C15H18N2O2/c1-2-5-13-16-11-6-3-4-7-12(11)17(13)14(15(18)19)10-8-9-10/h3-4,6-7,10,14H,2,5,8-9H2,1H3,(H,18,19). The van der Waals surface area contributed by atoms with Crippen LogP contribution < -0.4 is 0 Å². The number of fused-ring (bicyclic) bond motifs is 1. The number of hydrogen-bond acceptors (Lipinski definition) is 2. The van der Waals surface area contributed by atoms with Crippen molar-refractivity contribution in [3.8, 4) is 0 Å². The van der Waals surface area contributed by atoms with Crippen molar-refractivity contribution in [3.63, 3.8) is 0 Å². The van der Waals surface area contributed by atoms with Crippen LogP contribution in [-0.2, 0) is 11.2 Å². The van der Waals surface area contributed by atoms with Crippen LogP contribution in [0.2, 0.25) is 0 Å². The molecule has 19 heavy (non-hydrogen) atoms. The number of hydrogen-bond donors (Lipinski definition) is 1. The number of carboxylic acid groups (broad SMARTS) is 1. The number of carboxylic acids is 1. The summed E-state index contributed by atoms with van der Waals surface area (Å²) in [6.07, 6.45) is 3.82.